The molecule has 4 nitrogen and oxygen atoms in total. The highest BCUT2D eigenvalue weighted by Crippen LogP contribution is 2.30. The van der Waals surface area contributed by atoms with E-state index in [9.17, 15) is 0 Å². The Balaban J connectivity index is 1.86. The highest BCUT2D eigenvalue weighted by molar-refractivity contribution is 7.99. The van der Waals surface area contributed by atoms with Crippen molar-refractivity contribution in [3.63, 3.8) is 0 Å². The third kappa shape index (κ3) is 2.25. The summed E-state index contributed by atoms with van der Waals surface area (Å²) in [5.41, 5.74) is 9.22. The molecule has 0 bridgehead atoms. The van der Waals surface area contributed by atoms with E-state index < -0.39 is 0 Å². The minimum atomic E-state index is 0.612. The molecular formula is C16H18N4S. The second-order valence-electron chi connectivity index (χ2n) is 5.65. The van der Waals surface area contributed by atoms with Gasteiger partial charge in [0.2, 0.25) is 5.95 Å². The first-order valence-electron chi connectivity index (χ1n) is 7.40. The van der Waals surface area contributed by atoms with Crippen LogP contribution >= 0.6 is 11.8 Å². The first-order chi connectivity index (χ1) is 10.3. The topological polar surface area (TPSA) is 56.7 Å². The molecule has 0 atom stereocenters. The van der Waals surface area contributed by atoms with Crippen LogP contribution in [0.2, 0.25) is 0 Å². The van der Waals surface area contributed by atoms with Crippen molar-refractivity contribution in [2.24, 2.45) is 5.92 Å². The van der Waals surface area contributed by atoms with Gasteiger partial charge in [-0.2, -0.15) is 11.8 Å². The van der Waals surface area contributed by atoms with Crippen molar-refractivity contribution < 1.29 is 0 Å². The van der Waals surface area contributed by atoms with Gasteiger partial charge in [0.1, 0.15) is 5.52 Å². The van der Waals surface area contributed by atoms with Gasteiger partial charge >= 0.3 is 0 Å². The number of para-hydroxylation sites is 1. The average molecular weight is 298 g/mol. The Morgan fingerprint density at radius 1 is 1.19 bits per heavy atom. The number of thioether (sulfide) groups is 1. The molecular weight excluding hydrogens is 280 g/mol. The molecule has 0 saturated carbocycles. The highest BCUT2D eigenvalue weighted by Gasteiger charge is 2.18. The molecule has 0 aliphatic carbocycles. The van der Waals surface area contributed by atoms with Gasteiger partial charge < -0.3 is 10.3 Å². The summed E-state index contributed by atoms with van der Waals surface area (Å²) < 4.78 is 2.19. The molecule has 0 radical (unpaired) electrons. The molecule has 0 spiro atoms. The minimum Gasteiger partial charge on any atom is -0.369 e. The lowest BCUT2D eigenvalue weighted by molar-refractivity contribution is 0.425. The molecule has 0 amide bonds. The van der Waals surface area contributed by atoms with E-state index in [-0.39, 0.29) is 0 Å². The first-order valence-corrected chi connectivity index (χ1v) is 8.55. The lowest BCUT2D eigenvalue weighted by atomic mass is 10.0. The molecule has 5 heteroatoms. The summed E-state index contributed by atoms with van der Waals surface area (Å²) in [6, 6.07) is 8.22. The van der Waals surface area contributed by atoms with Gasteiger partial charge in [-0.05, 0) is 36.3 Å². The maximum Gasteiger partial charge on any atom is 0.201 e. The SMILES string of the molecule is Nc1nc2cnc3ccccc3c2n1CC1CCSCC1. The molecule has 2 aromatic heterocycles. The van der Waals surface area contributed by atoms with Gasteiger partial charge in [-0.3, -0.25) is 4.98 Å². The summed E-state index contributed by atoms with van der Waals surface area (Å²) in [5.74, 6) is 3.85. The van der Waals surface area contributed by atoms with Crippen molar-refractivity contribution in [3.05, 3.63) is 30.5 Å². The second-order valence-corrected chi connectivity index (χ2v) is 6.87. The quantitative estimate of drug-likeness (QED) is 0.788. The lowest BCUT2D eigenvalue weighted by Crippen LogP contribution is -2.17. The third-order valence-electron chi connectivity index (χ3n) is 4.29. The van der Waals surface area contributed by atoms with Crippen LogP contribution < -0.4 is 5.73 Å². The largest absolute Gasteiger partial charge is 0.369 e. The molecule has 108 valence electrons. The zero-order chi connectivity index (χ0) is 14.2. The van der Waals surface area contributed by atoms with E-state index >= 15 is 0 Å². The summed E-state index contributed by atoms with van der Waals surface area (Å²) in [4.78, 5) is 8.98. The number of benzene rings is 1. The number of nitrogens with zero attached hydrogens (tertiary/aromatic N) is 3. The fraction of sp³-hybridized carbons (Fsp3) is 0.375. The fourth-order valence-electron chi connectivity index (χ4n) is 3.15. The van der Waals surface area contributed by atoms with E-state index in [4.69, 9.17) is 5.73 Å². The number of nitrogens with two attached hydrogens (primary N) is 1. The summed E-state index contributed by atoms with van der Waals surface area (Å²) in [6.45, 7) is 0.969. The van der Waals surface area contributed by atoms with Crippen LogP contribution in [0.15, 0.2) is 30.5 Å². The standard InChI is InChI=1S/C16H18N4S/c17-16-19-14-9-18-13-4-2-1-3-12(13)15(14)20(16)10-11-5-7-21-8-6-11/h1-4,9,11H,5-8,10H2,(H2,17,19). The Kier molecular flexibility index (Phi) is 3.22. The van der Waals surface area contributed by atoms with Crippen molar-refractivity contribution in [2.45, 2.75) is 19.4 Å². The van der Waals surface area contributed by atoms with Crippen molar-refractivity contribution in [2.75, 3.05) is 17.2 Å². The molecule has 1 fully saturated rings. The second kappa shape index (κ2) is 5.22. The maximum absolute atomic E-state index is 6.18. The van der Waals surface area contributed by atoms with E-state index in [0.29, 0.717) is 11.9 Å². The van der Waals surface area contributed by atoms with Gasteiger partial charge in [-0.25, -0.2) is 4.98 Å². The van der Waals surface area contributed by atoms with Crippen LogP contribution in [0.1, 0.15) is 12.8 Å². The van der Waals surface area contributed by atoms with Crippen LogP contribution in [-0.2, 0) is 6.54 Å². The van der Waals surface area contributed by atoms with Crippen LogP contribution in [0, 0.1) is 5.92 Å². The van der Waals surface area contributed by atoms with E-state index in [2.05, 4.69) is 32.4 Å². The first kappa shape index (κ1) is 13.0. The van der Waals surface area contributed by atoms with E-state index in [1.807, 2.05) is 24.4 Å². The number of rotatable bonds is 2. The summed E-state index contributed by atoms with van der Waals surface area (Å²) in [7, 11) is 0. The Morgan fingerprint density at radius 3 is 2.86 bits per heavy atom. The smallest absolute Gasteiger partial charge is 0.201 e. The van der Waals surface area contributed by atoms with Gasteiger partial charge in [-0.15, -0.1) is 0 Å². The number of pyridine rings is 1. The lowest BCUT2D eigenvalue weighted by Gasteiger charge is -2.22. The molecule has 1 aliphatic rings. The molecule has 4 rings (SSSR count). The normalized spacial score (nSPS) is 16.8. The number of fused-ring (bicyclic) bond motifs is 3. The van der Waals surface area contributed by atoms with Crippen LogP contribution in [-0.4, -0.2) is 26.0 Å². The third-order valence-corrected chi connectivity index (χ3v) is 5.34. The summed E-state index contributed by atoms with van der Waals surface area (Å²) >= 11 is 2.06. The monoisotopic (exact) mass is 298 g/mol. The summed E-state index contributed by atoms with van der Waals surface area (Å²) in [5, 5.41) is 1.14. The van der Waals surface area contributed by atoms with Gasteiger partial charge in [0.05, 0.1) is 17.2 Å². The Morgan fingerprint density at radius 2 is 2.00 bits per heavy atom. The number of anilines is 1. The maximum atomic E-state index is 6.18. The number of hydrogen-bond donors (Lipinski definition) is 1. The van der Waals surface area contributed by atoms with E-state index in [1.165, 1.54) is 24.3 Å². The van der Waals surface area contributed by atoms with Crippen LogP contribution in [0.4, 0.5) is 5.95 Å². The zero-order valence-corrected chi connectivity index (χ0v) is 12.6. The van der Waals surface area contributed by atoms with Gasteiger partial charge in [0.25, 0.3) is 0 Å². The number of imidazole rings is 1. The Bertz CT molecular complexity index is 789. The van der Waals surface area contributed by atoms with Crippen LogP contribution in [0.5, 0.6) is 0 Å². The molecule has 1 aromatic carbocycles. The molecule has 3 aromatic rings. The van der Waals surface area contributed by atoms with Gasteiger partial charge in [-0.1, -0.05) is 18.2 Å². The molecule has 2 N–H and O–H groups in total. The number of hydrogen-bond acceptors (Lipinski definition) is 4. The molecule has 0 unspecified atom stereocenters. The van der Waals surface area contributed by atoms with Crippen LogP contribution in [0.3, 0.4) is 0 Å². The van der Waals surface area contributed by atoms with E-state index in [0.717, 1.165) is 28.5 Å². The van der Waals surface area contributed by atoms with Crippen LogP contribution in [0.25, 0.3) is 21.9 Å². The van der Waals surface area contributed by atoms with Gasteiger partial charge in [0, 0.05) is 11.9 Å². The predicted molar refractivity (Wildman–Crippen MR) is 89.5 cm³/mol. The Hall–Kier alpha value is -1.75. The average Bonchev–Trinajstić information content (AvgIpc) is 2.85. The van der Waals surface area contributed by atoms with Crippen molar-refractivity contribution in [1.29, 1.82) is 0 Å². The summed E-state index contributed by atoms with van der Waals surface area (Å²) in [6.07, 6.45) is 4.38. The molecule has 3 heterocycles. The molecule has 21 heavy (non-hydrogen) atoms. The fourth-order valence-corrected chi connectivity index (χ4v) is 4.36. The van der Waals surface area contributed by atoms with Crippen molar-refractivity contribution in [3.8, 4) is 0 Å². The predicted octanol–water partition coefficient (Wildman–Crippen LogP) is 3.31. The molecule has 1 aliphatic heterocycles. The number of aromatic nitrogens is 3. The van der Waals surface area contributed by atoms with E-state index in [1.54, 1.807) is 0 Å². The van der Waals surface area contributed by atoms with Crippen molar-refractivity contribution in [1.82, 2.24) is 14.5 Å². The number of nitrogen functional groups attached to an aromatic ring is 1. The minimum absolute atomic E-state index is 0.612. The zero-order valence-electron chi connectivity index (χ0n) is 11.8. The van der Waals surface area contributed by atoms with Crippen molar-refractivity contribution >= 4 is 39.6 Å². The van der Waals surface area contributed by atoms with Gasteiger partial charge in [0.15, 0.2) is 0 Å². The highest BCUT2D eigenvalue weighted by atomic mass is 32.2. The Labute approximate surface area is 127 Å². The molecule has 1 saturated heterocycles.